The number of aliphatic hydroxyl groups excluding tert-OH is 2. The van der Waals surface area contributed by atoms with Crippen molar-refractivity contribution < 1.29 is 199 Å². The predicted octanol–water partition coefficient (Wildman–Crippen LogP) is -13.7. The number of nitrogens with one attached hydrogen (secondary N) is 6. The molecule has 4 rings (SSSR count). The average molecular weight is 1160 g/mol. The van der Waals surface area contributed by atoms with Crippen LogP contribution in [0.1, 0.15) is 11.1 Å². The van der Waals surface area contributed by atoms with Crippen LogP contribution in [0, 0.1) is 0 Å². The van der Waals surface area contributed by atoms with E-state index in [4.69, 9.17) is 29.2 Å². The summed E-state index contributed by atoms with van der Waals surface area (Å²) in [6, 6.07) is 6.80. The van der Waals surface area contributed by atoms with E-state index in [2.05, 4.69) is 61.8 Å². The smallest absolute Gasteiger partial charge is 0.748 e. The molecule has 0 aliphatic carbocycles. The maximum absolute atomic E-state index is 12.5. The summed E-state index contributed by atoms with van der Waals surface area (Å²) >= 11 is 0. The fourth-order valence-electron chi connectivity index (χ4n) is 5.37. The molecule has 0 bridgehead atoms. The zero-order valence-corrected chi connectivity index (χ0v) is 51.9. The van der Waals surface area contributed by atoms with Crippen molar-refractivity contribution in [3.8, 4) is 0 Å². The molecular weight excluding hydrogens is 1110 g/mol. The summed E-state index contributed by atoms with van der Waals surface area (Å²) in [5, 5.41) is 33.9. The molecule has 0 aliphatic rings. The molecule has 0 saturated carbocycles. The van der Waals surface area contributed by atoms with Gasteiger partial charge in [0.05, 0.1) is 108 Å². The second kappa shape index (κ2) is 36.5. The van der Waals surface area contributed by atoms with Crippen LogP contribution in [0.15, 0.2) is 46.2 Å². The van der Waals surface area contributed by atoms with Crippen molar-refractivity contribution in [2.45, 2.75) is 9.79 Å². The molecule has 0 aliphatic heterocycles. The van der Waals surface area contributed by atoms with Gasteiger partial charge in [-0.1, -0.05) is 24.3 Å². The maximum Gasteiger partial charge on any atom is 1.00 e. The third-order valence-corrected chi connectivity index (χ3v) is 11.5. The fraction of sp³-hybridized carbons (Fsp3) is 0.444. The number of hydrogen-bond donors (Lipinski definition) is 8. The Kier molecular flexibility index (Phi) is 35.8. The van der Waals surface area contributed by atoms with Crippen LogP contribution in [0.2, 0.25) is 0 Å². The second-order valence-corrected chi connectivity index (χ2v) is 19.5. The van der Waals surface area contributed by atoms with E-state index < -0.39 is 61.8 Å². The Morgan fingerprint density at radius 3 is 1.03 bits per heavy atom. The molecule has 2 aromatic heterocycles. The van der Waals surface area contributed by atoms with Crippen molar-refractivity contribution in [3.05, 3.63) is 47.5 Å². The first-order valence-electron chi connectivity index (χ1n) is 20.4. The number of aromatic nitrogens is 6. The first-order chi connectivity index (χ1) is 33.1. The minimum atomic E-state index is -5.26. The van der Waals surface area contributed by atoms with Gasteiger partial charge in [-0.2, -0.15) is 29.9 Å². The van der Waals surface area contributed by atoms with E-state index >= 15 is 0 Å². The quantitative estimate of drug-likeness (QED) is 0.00932. The zero-order valence-electron chi connectivity index (χ0n) is 40.7. The topological polar surface area (TPSA) is 456 Å². The van der Waals surface area contributed by atoms with Crippen LogP contribution in [-0.4, -0.2) is 196 Å². The molecule has 30 nitrogen and oxygen atoms in total. The SMILES string of the molecule is O=S(=O)([O-])CCNc1nc(NCCOCCOCCO)nc(Nc2ccc(/C=C/c3ccc(Nc4nc(NCCOCCOCCO)nc(NCCS(=O)(=O)[O-])n4)cc3S(=O)(=O)[O-])c(S(=O)(=O)[O-])c2)n1.[Na+].[Na+].[Na+].[Na+]. The molecular formula is C36H48N12Na4O18S4. The van der Waals surface area contributed by atoms with Crippen molar-refractivity contribution >= 4 is 99.7 Å². The van der Waals surface area contributed by atoms with Crippen molar-refractivity contribution in [2.24, 2.45) is 0 Å². The Bertz CT molecular complexity index is 2650. The summed E-state index contributed by atoms with van der Waals surface area (Å²) < 4.78 is 163. The van der Waals surface area contributed by atoms with E-state index in [0.29, 0.717) is 0 Å². The van der Waals surface area contributed by atoms with E-state index in [9.17, 15) is 51.9 Å². The Labute approximate surface area is 515 Å². The molecule has 0 radical (unpaired) electrons. The molecule has 0 unspecified atom stereocenters. The monoisotopic (exact) mass is 1160 g/mol. The Morgan fingerprint density at radius 1 is 0.432 bits per heavy atom. The van der Waals surface area contributed by atoms with Gasteiger partial charge in [0.25, 0.3) is 0 Å². The molecule has 4 aromatic rings. The third-order valence-electron chi connectivity index (χ3n) is 8.34. The molecule has 0 fully saturated rings. The predicted molar refractivity (Wildman–Crippen MR) is 244 cm³/mol. The summed E-state index contributed by atoms with van der Waals surface area (Å²) in [6.45, 7) is 0.655. The fourth-order valence-corrected chi connectivity index (χ4v) is 7.47. The first kappa shape index (κ1) is 72.4. The Balaban J connectivity index is 0.0000133. The van der Waals surface area contributed by atoms with Crippen LogP contribution in [0.3, 0.4) is 0 Å². The van der Waals surface area contributed by atoms with E-state index in [1.807, 2.05) is 0 Å². The number of anilines is 8. The van der Waals surface area contributed by atoms with E-state index in [1.54, 1.807) is 0 Å². The van der Waals surface area contributed by atoms with Gasteiger partial charge in [0.1, 0.15) is 20.2 Å². The van der Waals surface area contributed by atoms with Crippen molar-refractivity contribution in [2.75, 3.05) is 136 Å². The number of nitrogens with zero attached hydrogens (tertiary/aromatic N) is 6. The summed E-state index contributed by atoms with van der Waals surface area (Å²) in [5.41, 5.74) is -0.595. The Morgan fingerprint density at radius 2 is 0.730 bits per heavy atom. The van der Waals surface area contributed by atoms with Crippen molar-refractivity contribution in [1.29, 1.82) is 0 Å². The molecule has 388 valence electrons. The number of hydrogen-bond acceptors (Lipinski definition) is 30. The Hall–Kier alpha value is -1.60. The molecule has 0 spiro atoms. The maximum atomic E-state index is 12.5. The normalized spacial score (nSPS) is 11.6. The van der Waals surface area contributed by atoms with Gasteiger partial charge in [-0.25, -0.2) is 33.7 Å². The van der Waals surface area contributed by atoms with Crippen LogP contribution in [0.25, 0.3) is 12.2 Å². The standard InChI is InChI=1S/C36H52N12O18S4.4Na/c49-11-15-65-19-17-63-13-7-37-31-43-33(39-9-21-67(51,52)53)47-35(45-31)41-27-5-3-25(29(23-27)69(57,58)59)1-2-26-4-6-28(24-30(26)70(60,61)62)42-36-46-32(38-8-14-64-18-20-66-16-12-50)44-34(48-36)40-10-22-68(54,55)56;;;;/h1-6,23-24,49-50H,7-22H2,(H,51,52,53)(H,54,55,56)(H,57,58,59)(H,60,61,62)(H3,37,39,41,43,45,47)(H3,38,40,42,44,46,48);;;;/q;4*+1/p-4/b2-1+;;;;. The molecule has 2 heterocycles. The van der Waals surface area contributed by atoms with Gasteiger partial charge >= 0.3 is 118 Å². The molecule has 2 aromatic carbocycles. The van der Waals surface area contributed by atoms with E-state index in [0.717, 1.165) is 24.3 Å². The van der Waals surface area contributed by atoms with Gasteiger partial charge < -0.3 is 79.3 Å². The average Bonchev–Trinajstić information content (AvgIpc) is 3.26. The molecule has 0 amide bonds. The van der Waals surface area contributed by atoms with Crippen LogP contribution in [-0.2, 0) is 59.4 Å². The minimum absolute atomic E-state index is 0. The molecule has 8 N–H and O–H groups in total. The molecule has 0 saturated heterocycles. The summed E-state index contributed by atoms with van der Waals surface area (Å²) in [7, 11) is -19.7. The molecule has 38 heteroatoms. The van der Waals surface area contributed by atoms with Gasteiger partial charge in [0.15, 0.2) is 0 Å². The summed E-state index contributed by atoms with van der Waals surface area (Å²) in [6.07, 6.45) is 2.14. The van der Waals surface area contributed by atoms with Crippen LogP contribution in [0.5, 0.6) is 0 Å². The zero-order chi connectivity index (χ0) is 51.2. The number of benzene rings is 2. The largest absolute Gasteiger partial charge is 1.00 e. The van der Waals surface area contributed by atoms with Gasteiger partial charge in [0.2, 0.25) is 35.7 Å². The van der Waals surface area contributed by atoms with Crippen LogP contribution < -0.4 is 150 Å². The van der Waals surface area contributed by atoms with Gasteiger partial charge in [-0.15, -0.1) is 0 Å². The van der Waals surface area contributed by atoms with Crippen LogP contribution >= 0.6 is 0 Å². The first-order valence-corrected chi connectivity index (χ1v) is 26.4. The van der Waals surface area contributed by atoms with Gasteiger partial charge in [-0.3, -0.25) is 0 Å². The van der Waals surface area contributed by atoms with E-state index in [1.165, 1.54) is 24.3 Å². The van der Waals surface area contributed by atoms with Crippen molar-refractivity contribution in [1.82, 2.24) is 29.9 Å². The summed E-state index contributed by atoms with van der Waals surface area (Å²) in [5.74, 6) is -2.68. The van der Waals surface area contributed by atoms with E-state index in [-0.39, 0.29) is 269 Å². The minimum Gasteiger partial charge on any atom is -0.748 e. The van der Waals surface area contributed by atoms with Gasteiger partial charge in [0, 0.05) is 37.6 Å². The van der Waals surface area contributed by atoms with Crippen molar-refractivity contribution in [3.63, 3.8) is 0 Å². The van der Waals surface area contributed by atoms with Gasteiger partial charge in [-0.05, 0) is 35.4 Å². The number of aliphatic hydroxyl groups is 2. The van der Waals surface area contributed by atoms with Crippen LogP contribution in [0.4, 0.5) is 47.1 Å². The number of rotatable bonds is 34. The molecule has 0 atom stereocenters. The number of ether oxygens (including phenoxy) is 4. The third kappa shape index (κ3) is 29.4. The molecule has 74 heavy (non-hydrogen) atoms. The summed E-state index contributed by atoms with van der Waals surface area (Å²) in [4.78, 5) is 23.2. The second-order valence-electron chi connectivity index (χ2n) is 13.7.